The molecule has 0 fully saturated rings. The molecule has 0 bridgehead atoms. The van der Waals surface area contributed by atoms with Gasteiger partial charge in [-0.3, -0.25) is 9.59 Å². The van der Waals surface area contributed by atoms with E-state index in [4.69, 9.17) is 4.74 Å². The topological polar surface area (TPSA) is 95.9 Å². The number of rotatable bonds is 79. The number of carbonyl (C=O) groups is 2. The molecule has 6 heteroatoms. The van der Waals surface area contributed by atoms with Gasteiger partial charge in [0.05, 0.1) is 25.4 Å². The van der Waals surface area contributed by atoms with E-state index in [1.54, 1.807) is 6.08 Å². The number of hydrogen-bond acceptors (Lipinski definition) is 5. The minimum Gasteiger partial charge on any atom is -0.466 e. The number of unbranched alkanes of at least 4 members (excludes halogenated alkanes) is 62. The van der Waals surface area contributed by atoms with E-state index in [9.17, 15) is 19.8 Å². The number of aliphatic hydroxyl groups is 2. The van der Waals surface area contributed by atoms with Gasteiger partial charge in [-0.2, -0.15) is 0 Å². The second kappa shape index (κ2) is 81.2. The van der Waals surface area contributed by atoms with Crippen LogP contribution in [0.15, 0.2) is 48.6 Å². The predicted molar refractivity (Wildman–Crippen MR) is 407 cm³/mol. The fourth-order valence-corrected chi connectivity index (χ4v) is 13.2. The van der Waals surface area contributed by atoms with Crippen LogP contribution in [-0.2, 0) is 14.3 Å². The van der Waals surface area contributed by atoms with Crippen molar-refractivity contribution in [3.05, 3.63) is 48.6 Å². The van der Waals surface area contributed by atoms with Crippen LogP contribution in [0.2, 0.25) is 0 Å². The number of amides is 1. The SMILES string of the molecule is CCCCC/C=C\C/C=C\CCCCCCCCCC(=O)OCCCCCCCCCCCCCC/C=C\CCCCCCCCCCCCCCCCCCCC(=O)NC(CO)C(O)/C=C/CCCCCCCCCCCCCCCCCCCCCCCCC. The van der Waals surface area contributed by atoms with Gasteiger partial charge in [-0.15, -0.1) is 0 Å². The first-order chi connectivity index (χ1) is 45.5. The fourth-order valence-electron chi connectivity index (χ4n) is 13.2. The maximum atomic E-state index is 12.6. The van der Waals surface area contributed by atoms with Crippen LogP contribution in [0, 0.1) is 0 Å². The summed E-state index contributed by atoms with van der Waals surface area (Å²) in [6.07, 6.45) is 108. The van der Waals surface area contributed by atoms with Gasteiger partial charge in [0.25, 0.3) is 0 Å². The van der Waals surface area contributed by atoms with Crippen molar-refractivity contribution in [2.75, 3.05) is 13.2 Å². The molecule has 1 amide bonds. The Kier molecular flexibility index (Phi) is 79.3. The van der Waals surface area contributed by atoms with Crippen LogP contribution >= 0.6 is 0 Å². The van der Waals surface area contributed by atoms with Crippen LogP contribution in [0.1, 0.15) is 463 Å². The summed E-state index contributed by atoms with van der Waals surface area (Å²) in [7, 11) is 0. The first-order valence-corrected chi connectivity index (χ1v) is 41.9. The number of hydrogen-bond donors (Lipinski definition) is 3. The van der Waals surface area contributed by atoms with Crippen molar-refractivity contribution in [3.8, 4) is 0 Å². The number of ether oxygens (including phenoxy) is 1. The van der Waals surface area contributed by atoms with Crippen molar-refractivity contribution in [3.63, 3.8) is 0 Å². The van der Waals surface area contributed by atoms with Gasteiger partial charge in [0.1, 0.15) is 0 Å². The van der Waals surface area contributed by atoms with Gasteiger partial charge in [0.15, 0.2) is 0 Å². The summed E-state index contributed by atoms with van der Waals surface area (Å²) in [5.41, 5.74) is 0. The Bertz CT molecular complexity index is 1540. The van der Waals surface area contributed by atoms with Crippen LogP contribution in [0.4, 0.5) is 0 Å². The van der Waals surface area contributed by atoms with Crippen LogP contribution in [0.5, 0.6) is 0 Å². The van der Waals surface area contributed by atoms with Gasteiger partial charge in [-0.1, -0.05) is 409 Å². The lowest BCUT2D eigenvalue weighted by molar-refractivity contribution is -0.143. The summed E-state index contributed by atoms with van der Waals surface area (Å²) >= 11 is 0. The second-order valence-corrected chi connectivity index (χ2v) is 28.8. The number of nitrogens with one attached hydrogen (secondary N) is 1. The predicted octanol–water partition coefficient (Wildman–Crippen LogP) is 27.9. The van der Waals surface area contributed by atoms with E-state index in [2.05, 4.69) is 55.6 Å². The number of aliphatic hydroxyl groups excluding tert-OH is 2. The van der Waals surface area contributed by atoms with Gasteiger partial charge in [0.2, 0.25) is 5.91 Å². The second-order valence-electron chi connectivity index (χ2n) is 28.8. The van der Waals surface area contributed by atoms with Gasteiger partial charge in [0, 0.05) is 12.8 Å². The molecule has 0 spiro atoms. The highest BCUT2D eigenvalue weighted by atomic mass is 16.5. The van der Waals surface area contributed by atoms with Crippen LogP contribution in [0.3, 0.4) is 0 Å². The normalized spacial score (nSPS) is 12.7. The van der Waals surface area contributed by atoms with Gasteiger partial charge < -0.3 is 20.3 Å². The molecule has 0 aromatic heterocycles. The third-order valence-electron chi connectivity index (χ3n) is 19.6. The molecular weight excluding hydrogens is 1130 g/mol. The van der Waals surface area contributed by atoms with E-state index in [1.165, 1.54) is 385 Å². The summed E-state index contributed by atoms with van der Waals surface area (Å²) in [5.74, 6) is -0.0485. The lowest BCUT2D eigenvalue weighted by atomic mass is 10.0. The van der Waals surface area contributed by atoms with Crippen molar-refractivity contribution >= 4 is 11.9 Å². The van der Waals surface area contributed by atoms with E-state index >= 15 is 0 Å². The van der Waals surface area contributed by atoms with E-state index in [0.717, 1.165) is 51.4 Å². The Morgan fingerprint density at radius 2 is 0.543 bits per heavy atom. The molecule has 2 atom stereocenters. The summed E-state index contributed by atoms with van der Waals surface area (Å²) in [6.45, 7) is 4.93. The highest BCUT2D eigenvalue weighted by Crippen LogP contribution is 2.20. The Hall–Kier alpha value is -2.18. The zero-order valence-corrected chi connectivity index (χ0v) is 62.3. The van der Waals surface area contributed by atoms with Crippen molar-refractivity contribution in [2.24, 2.45) is 0 Å². The molecular formula is C86H163NO5. The van der Waals surface area contributed by atoms with Crippen molar-refractivity contribution in [1.29, 1.82) is 0 Å². The molecule has 0 saturated heterocycles. The maximum absolute atomic E-state index is 12.6. The average Bonchev–Trinajstić information content (AvgIpc) is 3.61. The van der Waals surface area contributed by atoms with Crippen molar-refractivity contribution in [2.45, 2.75) is 475 Å². The molecule has 0 aliphatic heterocycles. The largest absolute Gasteiger partial charge is 0.466 e. The molecule has 0 rings (SSSR count). The van der Waals surface area contributed by atoms with Gasteiger partial charge in [-0.25, -0.2) is 0 Å². The number of carbonyl (C=O) groups excluding carboxylic acids is 2. The molecule has 0 aromatic rings. The third-order valence-corrected chi connectivity index (χ3v) is 19.6. The number of allylic oxidation sites excluding steroid dienone is 7. The maximum Gasteiger partial charge on any atom is 0.305 e. The average molecular weight is 1290 g/mol. The first-order valence-electron chi connectivity index (χ1n) is 41.9. The molecule has 0 radical (unpaired) electrons. The van der Waals surface area contributed by atoms with Crippen molar-refractivity contribution < 1.29 is 24.5 Å². The molecule has 2 unspecified atom stereocenters. The standard InChI is InChI=1S/C86H163NO5/c1-3-5-7-9-11-13-15-17-19-21-22-23-24-34-37-40-43-47-50-54-58-62-66-70-74-78-84(89)83(82-88)87-85(90)79-75-71-67-63-59-55-51-48-44-41-38-35-32-30-28-26-25-27-29-31-33-36-39-42-45-49-53-57-61-65-69-73-77-81-92-86(91)80-76-72-68-64-60-56-52-46-20-18-16-14-12-10-8-6-4-2/h12,14,18,20,29,31,74,78,83-84,88-89H,3-11,13,15-17,19,21-28,30,32-73,75-77,79-82H2,1-2H3,(H,87,90)/b14-12-,20-18-,31-29-,78-74+. The van der Waals surface area contributed by atoms with Crippen LogP contribution in [-0.4, -0.2) is 47.4 Å². The summed E-state index contributed by atoms with van der Waals surface area (Å²) in [6, 6.07) is -0.628. The molecule has 0 heterocycles. The van der Waals surface area contributed by atoms with Crippen molar-refractivity contribution in [1.82, 2.24) is 5.32 Å². The monoisotopic (exact) mass is 1290 g/mol. The molecule has 6 nitrogen and oxygen atoms in total. The Morgan fingerprint density at radius 1 is 0.304 bits per heavy atom. The minimum atomic E-state index is -0.845. The highest BCUT2D eigenvalue weighted by Gasteiger charge is 2.18. The molecule has 0 aromatic carbocycles. The Balaban J connectivity index is 3.38. The highest BCUT2D eigenvalue weighted by molar-refractivity contribution is 5.76. The smallest absolute Gasteiger partial charge is 0.305 e. The number of esters is 1. The van der Waals surface area contributed by atoms with Crippen LogP contribution < -0.4 is 5.32 Å². The van der Waals surface area contributed by atoms with E-state index < -0.39 is 12.1 Å². The van der Waals surface area contributed by atoms with Crippen LogP contribution in [0.25, 0.3) is 0 Å². The third kappa shape index (κ3) is 76.8. The quantitative estimate of drug-likeness (QED) is 0.0320. The van der Waals surface area contributed by atoms with E-state index in [-0.39, 0.29) is 18.5 Å². The summed E-state index contributed by atoms with van der Waals surface area (Å²) in [4.78, 5) is 24.7. The molecule has 542 valence electrons. The van der Waals surface area contributed by atoms with Gasteiger partial charge >= 0.3 is 5.97 Å². The molecule has 0 aliphatic rings. The van der Waals surface area contributed by atoms with E-state index in [0.29, 0.717) is 19.4 Å². The summed E-state index contributed by atoms with van der Waals surface area (Å²) in [5, 5.41) is 23.3. The fraction of sp³-hybridized carbons (Fsp3) is 0.884. The zero-order chi connectivity index (χ0) is 66.3. The Labute approximate surface area is 576 Å². The molecule has 0 aliphatic carbocycles. The molecule has 0 saturated carbocycles. The lowest BCUT2D eigenvalue weighted by Crippen LogP contribution is -2.45. The Morgan fingerprint density at radius 3 is 0.859 bits per heavy atom. The van der Waals surface area contributed by atoms with Gasteiger partial charge in [-0.05, 0) is 89.9 Å². The lowest BCUT2D eigenvalue weighted by Gasteiger charge is -2.20. The molecule has 92 heavy (non-hydrogen) atoms. The summed E-state index contributed by atoms with van der Waals surface area (Å²) < 4.78 is 5.51. The first kappa shape index (κ1) is 89.8. The minimum absolute atomic E-state index is 0.0113. The molecule has 3 N–H and O–H groups in total. The zero-order valence-electron chi connectivity index (χ0n) is 62.3. The van der Waals surface area contributed by atoms with E-state index in [1.807, 2.05) is 6.08 Å².